The van der Waals surface area contributed by atoms with E-state index in [-0.39, 0.29) is 11.8 Å². The summed E-state index contributed by atoms with van der Waals surface area (Å²) in [5.74, 6) is 0.0252. The molecule has 0 heterocycles. The van der Waals surface area contributed by atoms with Gasteiger partial charge >= 0.3 is 0 Å². The topological polar surface area (TPSA) is 134 Å². The Balaban J connectivity index is 6.74. The Labute approximate surface area is 560 Å². The molecule has 0 rings (SSSR count). The van der Waals surface area contributed by atoms with Gasteiger partial charge in [-0.05, 0) is 38.0 Å². The van der Waals surface area contributed by atoms with Crippen LogP contribution >= 0.6 is 0 Å². The molecule has 0 aromatic carbocycles. The van der Waals surface area contributed by atoms with Crippen molar-refractivity contribution < 1.29 is 30.6 Å². The van der Waals surface area contributed by atoms with Gasteiger partial charge in [0.1, 0.15) is 0 Å². The van der Waals surface area contributed by atoms with Gasteiger partial charge in [0.05, 0.1) is 36.6 Å². The summed E-state index contributed by atoms with van der Waals surface area (Å²) in [7, 11) is 0. The molecule has 0 fully saturated rings. The highest BCUT2D eigenvalue weighted by atomic mass is 16.3. The van der Waals surface area contributed by atoms with Crippen molar-refractivity contribution in [1.29, 1.82) is 0 Å². The molecule has 0 amide bonds. The average Bonchev–Trinajstić information content (AvgIpc) is 3.60. The summed E-state index contributed by atoms with van der Waals surface area (Å²) in [5.41, 5.74) is 0. The van der Waals surface area contributed by atoms with Gasteiger partial charge in [-0.25, -0.2) is 0 Å². The van der Waals surface area contributed by atoms with Crippen molar-refractivity contribution in [2.45, 2.75) is 361 Å². The van der Waals surface area contributed by atoms with Crippen molar-refractivity contribution >= 4 is 0 Å². The van der Waals surface area contributed by atoms with Crippen molar-refractivity contribution in [2.75, 3.05) is 78.5 Å². The monoisotopic (exact) mass is 1270 g/mol. The predicted octanol–water partition coefficient (Wildman–Crippen LogP) is 18.9. The molecule has 10 nitrogen and oxygen atoms in total. The standard InChI is InChI=1S/C80H156N4O6/c1-9-15-20-25-30-35-38-43-48-53-58-76(86)68-82(67-75(85)14-6)64-61-81(62-65-83(69-77(87)59-54-49-44-39-36-31-26-21-16-10-2)70-78(88)60-55-50-45-40-37-32-27-22-17-11-3)63-66-84(71-79(89)73(7)56-51-46-41-33-28-23-18-12-4)72-80(90)74(8)57-52-47-42-34-29-24-19-13-5/h12,18,23,28,33,41,46,51,56,73-80,85-90H,4,9-11,13-17,19-22,24-27,29-32,34-40,42-45,47-50,52-55,57-72H2,1-3,5-8H3/b23-18+,33-28+,46-41+,56-51+. The van der Waals surface area contributed by atoms with Crippen LogP contribution in [-0.2, 0) is 0 Å². The number of aliphatic hydroxyl groups is 6. The first-order valence-electron chi connectivity index (χ1n) is 39.1. The molecule has 6 N–H and O–H groups in total. The normalized spacial score (nSPS) is 15.3. The molecule has 0 aromatic rings. The maximum atomic E-state index is 12.0. The maximum absolute atomic E-state index is 12.0. The zero-order chi connectivity index (χ0) is 66.2. The molecule has 0 radical (unpaired) electrons. The molecule has 8 atom stereocenters. The van der Waals surface area contributed by atoms with E-state index in [0.717, 1.165) is 77.2 Å². The van der Waals surface area contributed by atoms with Crippen LogP contribution in [0.15, 0.2) is 61.3 Å². The zero-order valence-electron chi connectivity index (χ0n) is 60.9. The summed E-state index contributed by atoms with van der Waals surface area (Å²) < 4.78 is 0. The molecular weight excluding hydrogens is 1110 g/mol. The summed E-state index contributed by atoms with van der Waals surface area (Å²) in [6, 6.07) is 0. The molecule has 0 saturated heterocycles. The lowest BCUT2D eigenvalue weighted by atomic mass is 9.96. The van der Waals surface area contributed by atoms with Gasteiger partial charge in [0, 0.05) is 84.5 Å². The maximum Gasteiger partial charge on any atom is 0.0727 e. The molecule has 8 unspecified atom stereocenters. The van der Waals surface area contributed by atoms with Gasteiger partial charge < -0.3 is 30.6 Å². The summed E-state index contributed by atoms with van der Waals surface area (Å²) in [4.78, 5) is 9.40. The van der Waals surface area contributed by atoms with Gasteiger partial charge in [-0.1, -0.05) is 354 Å². The van der Waals surface area contributed by atoms with E-state index in [2.05, 4.69) is 73.8 Å². The summed E-state index contributed by atoms with van der Waals surface area (Å²) in [6.07, 6.45) is 66.5. The predicted molar refractivity (Wildman–Crippen MR) is 394 cm³/mol. The Hall–Kier alpha value is -1.70. The van der Waals surface area contributed by atoms with Crippen LogP contribution in [0.25, 0.3) is 0 Å². The second kappa shape index (κ2) is 67.3. The smallest absolute Gasteiger partial charge is 0.0727 e. The van der Waals surface area contributed by atoms with Gasteiger partial charge in [0.25, 0.3) is 0 Å². The first kappa shape index (κ1) is 88.3. The van der Waals surface area contributed by atoms with E-state index in [9.17, 15) is 30.6 Å². The molecular formula is C80H156N4O6. The second-order valence-corrected chi connectivity index (χ2v) is 28.1. The van der Waals surface area contributed by atoms with Crippen molar-refractivity contribution in [1.82, 2.24) is 19.6 Å². The van der Waals surface area contributed by atoms with Gasteiger partial charge in [-0.3, -0.25) is 19.6 Å². The third-order valence-electron chi connectivity index (χ3n) is 19.1. The van der Waals surface area contributed by atoms with E-state index >= 15 is 0 Å². The van der Waals surface area contributed by atoms with E-state index in [1.807, 2.05) is 49.5 Å². The Morgan fingerprint density at radius 3 is 0.856 bits per heavy atom. The van der Waals surface area contributed by atoms with Crippen molar-refractivity contribution in [3.63, 3.8) is 0 Å². The molecule has 90 heavy (non-hydrogen) atoms. The number of nitrogens with zero attached hydrogens (tertiary/aromatic N) is 4. The third kappa shape index (κ3) is 58.8. The van der Waals surface area contributed by atoms with Crippen LogP contribution in [0, 0.1) is 11.8 Å². The third-order valence-corrected chi connectivity index (χ3v) is 19.1. The highest BCUT2D eigenvalue weighted by Gasteiger charge is 2.25. The first-order chi connectivity index (χ1) is 43.8. The molecule has 0 saturated carbocycles. The number of allylic oxidation sites excluding steroid dienone is 8. The number of rotatable bonds is 71. The zero-order valence-corrected chi connectivity index (χ0v) is 60.9. The van der Waals surface area contributed by atoms with Gasteiger partial charge in [0.15, 0.2) is 0 Å². The fourth-order valence-electron chi connectivity index (χ4n) is 12.6. The molecule has 0 aromatic heterocycles. The molecule has 10 heteroatoms. The Morgan fingerprint density at radius 1 is 0.278 bits per heavy atom. The molecule has 532 valence electrons. The summed E-state index contributed by atoms with van der Waals surface area (Å²) >= 11 is 0. The van der Waals surface area contributed by atoms with Crippen LogP contribution in [0.1, 0.15) is 325 Å². The van der Waals surface area contributed by atoms with E-state index in [4.69, 9.17) is 0 Å². The number of hydrogen-bond acceptors (Lipinski definition) is 10. The lowest BCUT2D eigenvalue weighted by Gasteiger charge is -2.35. The van der Waals surface area contributed by atoms with Crippen molar-refractivity contribution in [3.05, 3.63) is 61.3 Å². The Morgan fingerprint density at radius 2 is 0.533 bits per heavy atom. The van der Waals surface area contributed by atoms with Crippen LogP contribution in [0.4, 0.5) is 0 Å². The van der Waals surface area contributed by atoms with Crippen molar-refractivity contribution in [3.8, 4) is 0 Å². The van der Waals surface area contributed by atoms with Gasteiger partial charge in [-0.15, -0.1) is 0 Å². The minimum Gasteiger partial charge on any atom is -0.392 e. The minimum atomic E-state index is -0.642. The lowest BCUT2D eigenvalue weighted by molar-refractivity contribution is 0.0252. The quantitative estimate of drug-likeness (QED) is 0.0258. The van der Waals surface area contributed by atoms with E-state index in [1.54, 1.807) is 6.08 Å². The number of hydrogen-bond donors (Lipinski definition) is 6. The Kier molecular flexibility index (Phi) is 66.0. The SMILES string of the molecule is C=C/C=C/C=C/C=C/C=C/C(C)C(O)CN(CCN(CCN(CC(O)CC)CC(O)CCCCCCCCCCCC)CCN(CC(O)CCCCCCCCCCCC)CC(O)CCCCCCCCCCCC)CC(O)C(C)CCCCCCCCCC. The van der Waals surface area contributed by atoms with Crippen LogP contribution in [0.5, 0.6) is 0 Å². The molecule has 0 aliphatic heterocycles. The van der Waals surface area contributed by atoms with E-state index in [1.165, 1.54) is 199 Å². The largest absolute Gasteiger partial charge is 0.392 e. The number of unbranched alkanes of at least 4 members (excludes halogenated alkanes) is 34. The van der Waals surface area contributed by atoms with E-state index < -0.39 is 36.6 Å². The number of aliphatic hydroxyl groups excluding tert-OH is 6. The molecule has 0 spiro atoms. The van der Waals surface area contributed by atoms with Crippen molar-refractivity contribution in [2.24, 2.45) is 11.8 Å². The highest BCUT2D eigenvalue weighted by molar-refractivity contribution is 5.17. The highest BCUT2D eigenvalue weighted by Crippen LogP contribution is 2.20. The van der Waals surface area contributed by atoms with Crippen LogP contribution in [0.3, 0.4) is 0 Å². The van der Waals surface area contributed by atoms with Gasteiger partial charge in [0.2, 0.25) is 0 Å². The molecule has 0 aliphatic rings. The van der Waals surface area contributed by atoms with Crippen LogP contribution in [-0.4, -0.2) is 165 Å². The summed E-state index contributed by atoms with van der Waals surface area (Å²) in [5, 5.41) is 70.0. The minimum absolute atomic E-state index is 0.109. The second-order valence-electron chi connectivity index (χ2n) is 28.1. The lowest BCUT2D eigenvalue weighted by Crippen LogP contribution is -2.49. The van der Waals surface area contributed by atoms with Crippen LogP contribution < -0.4 is 0 Å². The molecule has 0 bridgehead atoms. The van der Waals surface area contributed by atoms with E-state index in [0.29, 0.717) is 78.4 Å². The molecule has 0 aliphatic carbocycles. The summed E-state index contributed by atoms with van der Waals surface area (Å²) in [6.45, 7) is 26.3. The van der Waals surface area contributed by atoms with Crippen LogP contribution in [0.2, 0.25) is 0 Å². The Bertz CT molecular complexity index is 1560. The fourth-order valence-corrected chi connectivity index (χ4v) is 12.6. The van der Waals surface area contributed by atoms with Gasteiger partial charge in [-0.2, -0.15) is 0 Å². The average molecular weight is 1270 g/mol. The first-order valence-corrected chi connectivity index (χ1v) is 39.1. The fraction of sp³-hybridized carbons (Fsp3) is 0.875.